The molecule has 0 atom stereocenters. The topological polar surface area (TPSA) is 84.9 Å². The monoisotopic (exact) mass is 450 g/mol. The van der Waals surface area contributed by atoms with Crippen LogP contribution in [0.25, 0.3) is 0 Å². The number of benzene rings is 3. The Balaban J connectivity index is 1.58. The van der Waals surface area contributed by atoms with Gasteiger partial charge in [0.25, 0.3) is 17.7 Å². The SMILES string of the molecule is COc1ccc(C(=O)Nc2ccc(N3C(=O)c4ccc(Cl)cc4C3=O)c(C)c2)cc1OC. The Bertz CT molecular complexity index is 1270. The number of fused-ring (bicyclic) bond motifs is 1. The van der Waals surface area contributed by atoms with E-state index >= 15 is 0 Å². The van der Waals surface area contributed by atoms with E-state index in [4.69, 9.17) is 21.1 Å². The van der Waals surface area contributed by atoms with Crippen molar-refractivity contribution in [2.24, 2.45) is 0 Å². The second kappa shape index (κ2) is 8.36. The first-order valence-electron chi connectivity index (χ1n) is 9.66. The number of imide groups is 1. The Hall–Kier alpha value is -3.84. The van der Waals surface area contributed by atoms with Crippen LogP contribution < -0.4 is 19.7 Å². The maximum Gasteiger partial charge on any atom is 0.266 e. The fourth-order valence-corrected chi connectivity index (χ4v) is 3.77. The molecule has 0 fully saturated rings. The van der Waals surface area contributed by atoms with Crippen molar-refractivity contribution in [3.63, 3.8) is 0 Å². The van der Waals surface area contributed by atoms with Crippen molar-refractivity contribution in [1.82, 2.24) is 0 Å². The van der Waals surface area contributed by atoms with Gasteiger partial charge in [-0.3, -0.25) is 14.4 Å². The number of halogens is 1. The van der Waals surface area contributed by atoms with Gasteiger partial charge in [0, 0.05) is 16.3 Å². The number of methoxy groups -OCH3 is 2. The molecule has 3 amide bonds. The molecule has 4 rings (SSSR count). The van der Waals surface area contributed by atoms with Gasteiger partial charge in [0.2, 0.25) is 0 Å². The van der Waals surface area contributed by atoms with Crippen molar-refractivity contribution in [2.45, 2.75) is 6.92 Å². The van der Waals surface area contributed by atoms with Gasteiger partial charge in [-0.25, -0.2) is 4.90 Å². The summed E-state index contributed by atoms with van der Waals surface area (Å²) in [6.45, 7) is 1.76. The highest BCUT2D eigenvalue weighted by Gasteiger charge is 2.37. The Labute approximate surface area is 189 Å². The standard InChI is InChI=1S/C24H19ClN2O5/c1-13-10-16(26-22(28)14-4-9-20(31-2)21(11-14)32-3)6-8-19(13)27-23(29)17-7-5-15(25)12-18(17)24(27)30/h4-12H,1-3H3,(H,26,28). The molecular formula is C24H19ClN2O5. The predicted octanol–water partition coefficient (Wildman–Crippen LogP) is 4.72. The van der Waals surface area contributed by atoms with Gasteiger partial charge in [0.05, 0.1) is 31.0 Å². The molecule has 162 valence electrons. The molecule has 32 heavy (non-hydrogen) atoms. The van der Waals surface area contributed by atoms with Crippen LogP contribution in [0.15, 0.2) is 54.6 Å². The Morgan fingerprint density at radius 1 is 0.875 bits per heavy atom. The lowest BCUT2D eigenvalue weighted by Crippen LogP contribution is -2.30. The zero-order valence-corrected chi connectivity index (χ0v) is 18.3. The highest BCUT2D eigenvalue weighted by molar-refractivity contribution is 6.37. The zero-order chi connectivity index (χ0) is 23.0. The van der Waals surface area contributed by atoms with E-state index in [0.29, 0.717) is 44.6 Å². The molecule has 0 spiro atoms. The normalized spacial score (nSPS) is 12.6. The number of amides is 3. The summed E-state index contributed by atoms with van der Waals surface area (Å²) in [5.74, 6) is -0.220. The first kappa shape index (κ1) is 21.4. The van der Waals surface area contributed by atoms with Gasteiger partial charge in [0.1, 0.15) is 0 Å². The van der Waals surface area contributed by atoms with E-state index in [0.717, 1.165) is 4.90 Å². The molecule has 0 bridgehead atoms. The van der Waals surface area contributed by atoms with Crippen LogP contribution in [0.4, 0.5) is 11.4 Å². The molecule has 0 unspecified atom stereocenters. The third kappa shape index (κ3) is 3.67. The molecule has 0 saturated carbocycles. The third-order valence-electron chi connectivity index (χ3n) is 5.19. The van der Waals surface area contributed by atoms with E-state index in [-0.39, 0.29) is 11.5 Å². The van der Waals surface area contributed by atoms with Crippen molar-refractivity contribution in [3.8, 4) is 11.5 Å². The van der Waals surface area contributed by atoms with Crippen LogP contribution in [-0.2, 0) is 0 Å². The Kier molecular flexibility index (Phi) is 5.59. The molecule has 0 aromatic heterocycles. The molecule has 1 aliphatic heterocycles. The van der Waals surface area contributed by atoms with E-state index in [1.807, 2.05) is 0 Å². The van der Waals surface area contributed by atoms with Crippen molar-refractivity contribution in [2.75, 3.05) is 24.4 Å². The average Bonchev–Trinajstić information content (AvgIpc) is 3.02. The number of carbonyl (C=O) groups is 3. The second-order valence-corrected chi connectivity index (χ2v) is 7.60. The molecule has 7 nitrogen and oxygen atoms in total. The van der Waals surface area contributed by atoms with E-state index in [1.54, 1.807) is 55.5 Å². The lowest BCUT2D eigenvalue weighted by molar-refractivity contribution is 0.0924. The fraction of sp³-hybridized carbons (Fsp3) is 0.125. The second-order valence-electron chi connectivity index (χ2n) is 7.16. The van der Waals surface area contributed by atoms with E-state index in [2.05, 4.69) is 5.32 Å². The summed E-state index contributed by atoms with van der Waals surface area (Å²) in [5, 5.41) is 3.20. The Morgan fingerprint density at radius 3 is 2.28 bits per heavy atom. The summed E-state index contributed by atoms with van der Waals surface area (Å²) in [7, 11) is 3.01. The van der Waals surface area contributed by atoms with E-state index in [9.17, 15) is 14.4 Å². The maximum absolute atomic E-state index is 12.8. The minimum atomic E-state index is -0.433. The minimum absolute atomic E-state index is 0.271. The van der Waals surface area contributed by atoms with E-state index in [1.165, 1.54) is 20.3 Å². The predicted molar refractivity (Wildman–Crippen MR) is 121 cm³/mol. The number of hydrogen-bond donors (Lipinski definition) is 1. The first-order valence-corrected chi connectivity index (χ1v) is 10.0. The summed E-state index contributed by atoms with van der Waals surface area (Å²) in [4.78, 5) is 39.4. The van der Waals surface area contributed by atoms with Gasteiger partial charge in [-0.15, -0.1) is 0 Å². The van der Waals surface area contributed by atoms with Gasteiger partial charge in [-0.1, -0.05) is 11.6 Å². The Morgan fingerprint density at radius 2 is 1.59 bits per heavy atom. The largest absolute Gasteiger partial charge is 0.493 e. The fourth-order valence-electron chi connectivity index (χ4n) is 3.60. The van der Waals surface area contributed by atoms with Crippen LogP contribution in [-0.4, -0.2) is 31.9 Å². The van der Waals surface area contributed by atoms with Crippen molar-refractivity contribution < 1.29 is 23.9 Å². The van der Waals surface area contributed by atoms with Crippen LogP contribution in [0.1, 0.15) is 36.6 Å². The van der Waals surface area contributed by atoms with Gasteiger partial charge in [-0.05, 0) is 67.1 Å². The van der Waals surface area contributed by atoms with Gasteiger partial charge >= 0.3 is 0 Å². The van der Waals surface area contributed by atoms with Crippen molar-refractivity contribution >= 4 is 40.7 Å². The lowest BCUT2D eigenvalue weighted by Gasteiger charge is -2.18. The number of rotatable bonds is 5. The zero-order valence-electron chi connectivity index (χ0n) is 17.6. The van der Waals surface area contributed by atoms with Crippen molar-refractivity contribution in [3.05, 3.63) is 81.9 Å². The smallest absolute Gasteiger partial charge is 0.266 e. The molecule has 0 aliphatic carbocycles. The lowest BCUT2D eigenvalue weighted by atomic mass is 10.1. The molecule has 3 aromatic carbocycles. The first-order chi connectivity index (χ1) is 15.3. The number of aryl methyl sites for hydroxylation is 1. The van der Waals surface area contributed by atoms with Crippen LogP contribution in [0.2, 0.25) is 5.02 Å². The molecule has 1 heterocycles. The number of hydrogen-bond acceptors (Lipinski definition) is 5. The average molecular weight is 451 g/mol. The number of carbonyl (C=O) groups excluding carboxylic acids is 3. The van der Waals surface area contributed by atoms with Gasteiger partial charge in [0.15, 0.2) is 11.5 Å². The van der Waals surface area contributed by atoms with Crippen LogP contribution in [0.3, 0.4) is 0 Å². The van der Waals surface area contributed by atoms with Crippen LogP contribution in [0, 0.1) is 6.92 Å². The van der Waals surface area contributed by atoms with Crippen LogP contribution in [0.5, 0.6) is 11.5 Å². The number of nitrogens with zero attached hydrogens (tertiary/aromatic N) is 1. The van der Waals surface area contributed by atoms with Crippen molar-refractivity contribution in [1.29, 1.82) is 0 Å². The molecule has 1 aliphatic rings. The van der Waals surface area contributed by atoms with Gasteiger partial charge < -0.3 is 14.8 Å². The molecule has 3 aromatic rings. The van der Waals surface area contributed by atoms with Crippen LogP contribution >= 0.6 is 11.6 Å². The summed E-state index contributed by atoms with van der Waals surface area (Å²) >= 11 is 5.98. The molecule has 1 N–H and O–H groups in total. The maximum atomic E-state index is 12.8. The quantitative estimate of drug-likeness (QED) is 0.568. The highest BCUT2D eigenvalue weighted by Crippen LogP contribution is 2.33. The summed E-state index contributed by atoms with van der Waals surface area (Å²) in [5.41, 5.74) is 2.58. The summed E-state index contributed by atoms with van der Waals surface area (Å²) in [6.07, 6.45) is 0. The molecule has 8 heteroatoms. The third-order valence-corrected chi connectivity index (χ3v) is 5.43. The number of anilines is 2. The van der Waals surface area contributed by atoms with E-state index < -0.39 is 11.8 Å². The minimum Gasteiger partial charge on any atom is -0.493 e. The number of ether oxygens (including phenoxy) is 2. The summed E-state index contributed by atoms with van der Waals surface area (Å²) in [6, 6.07) is 14.4. The summed E-state index contributed by atoms with van der Waals surface area (Å²) < 4.78 is 10.4. The molecular weight excluding hydrogens is 432 g/mol. The van der Waals surface area contributed by atoms with Gasteiger partial charge in [-0.2, -0.15) is 0 Å². The number of nitrogens with one attached hydrogen (secondary N) is 1. The molecule has 0 saturated heterocycles. The molecule has 0 radical (unpaired) electrons. The highest BCUT2D eigenvalue weighted by atomic mass is 35.5.